The van der Waals surface area contributed by atoms with Crippen LogP contribution < -0.4 is 5.73 Å². The Hall–Kier alpha value is -0.850. The molecule has 2 aliphatic rings. The molecule has 1 aliphatic carbocycles. The van der Waals surface area contributed by atoms with Gasteiger partial charge in [-0.05, 0) is 37.8 Å². The number of sulfone groups is 1. The van der Waals surface area contributed by atoms with Crippen LogP contribution in [0, 0.1) is 0 Å². The first-order chi connectivity index (χ1) is 9.55. The summed E-state index contributed by atoms with van der Waals surface area (Å²) in [7, 11) is -2.98. The normalized spacial score (nSPS) is 29.7. The Morgan fingerprint density at radius 2 is 2.25 bits per heavy atom. The summed E-state index contributed by atoms with van der Waals surface area (Å²) in [6, 6.07) is 4.27. The van der Waals surface area contributed by atoms with Crippen molar-refractivity contribution in [1.82, 2.24) is 4.90 Å². The lowest BCUT2D eigenvalue weighted by Crippen LogP contribution is -2.60. The summed E-state index contributed by atoms with van der Waals surface area (Å²) in [6.07, 6.45) is 5.49. The van der Waals surface area contributed by atoms with Crippen molar-refractivity contribution >= 4 is 9.84 Å². The predicted molar refractivity (Wildman–Crippen MR) is 76.9 cm³/mol. The molecule has 2 N–H and O–H groups in total. The summed E-state index contributed by atoms with van der Waals surface area (Å²) in [5, 5.41) is 0. The second-order valence-corrected chi connectivity index (χ2v) is 8.25. The minimum Gasteiger partial charge on any atom is -0.468 e. The smallest absolute Gasteiger partial charge is 0.152 e. The van der Waals surface area contributed by atoms with E-state index in [1.165, 1.54) is 0 Å². The van der Waals surface area contributed by atoms with Gasteiger partial charge in [-0.1, -0.05) is 0 Å². The van der Waals surface area contributed by atoms with Crippen LogP contribution >= 0.6 is 0 Å². The average Bonchev–Trinajstić information content (AvgIpc) is 3.11. The standard InChI is InChI=1S/C14H22N2O3S/c15-10-14(6-2-8-20(17,18)11-14)16(12-4-5-12)9-13-3-1-7-19-13/h1,3,7,12H,2,4-6,8-11,15H2. The minimum atomic E-state index is -2.98. The van der Waals surface area contributed by atoms with Crippen LogP contribution in [0.25, 0.3) is 0 Å². The van der Waals surface area contributed by atoms with Gasteiger partial charge in [-0.3, -0.25) is 4.90 Å². The molecule has 6 heteroatoms. The van der Waals surface area contributed by atoms with Gasteiger partial charge in [0, 0.05) is 18.1 Å². The molecule has 0 bridgehead atoms. The number of nitrogens with two attached hydrogens (primary N) is 1. The van der Waals surface area contributed by atoms with E-state index in [4.69, 9.17) is 10.2 Å². The van der Waals surface area contributed by atoms with E-state index in [-0.39, 0.29) is 5.75 Å². The fourth-order valence-electron chi connectivity index (χ4n) is 3.32. The van der Waals surface area contributed by atoms with Gasteiger partial charge in [0.05, 0.1) is 24.3 Å². The van der Waals surface area contributed by atoms with Gasteiger partial charge in [0.15, 0.2) is 9.84 Å². The van der Waals surface area contributed by atoms with Crippen LogP contribution in [-0.2, 0) is 16.4 Å². The minimum absolute atomic E-state index is 0.188. The maximum Gasteiger partial charge on any atom is 0.152 e. The largest absolute Gasteiger partial charge is 0.468 e. The van der Waals surface area contributed by atoms with Crippen LogP contribution in [0.3, 0.4) is 0 Å². The van der Waals surface area contributed by atoms with E-state index < -0.39 is 15.4 Å². The summed E-state index contributed by atoms with van der Waals surface area (Å²) in [5.41, 5.74) is 5.61. The molecule has 1 aliphatic heterocycles. The molecule has 112 valence electrons. The number of rotatable bonds is 5. The Morgan fingerprint density at radius 1 is 1.45 bits per heavy atom. The molecule has 0 aromatic carbocycles. The van der Waals surface area contributed by atoms with E-state index in [1.807, 2.05) is 12.1 Å². The van der Waals surface area contributed by atoms with Crippen LogP contribution in [0.4, 0.5) is 0 Å². The average molecular weight is 298 g/mol. The number of furan rings is 1. The van der Waals surface area contributed by atoms with Crippen LogP contribution in [0.2, 0.25) is 0 Å². The highest BCUT2D eigenvalue weighted by Gasteiger charge is 2.47. The van der Waals surface area contributed by atoms with Crippen LogP contribution in [-0.4, -0.2) is 42.9 Å². The van der Waals surface area contributed by atoms with Crippen LogP contribution in [0.5, 0.6) is 0 Å². The second kappa shape index (κ2) is 5.16. The fourth-order valence-corrected chi connectivity index (χ4v) is 5.30. The SMILES string of the molecule is NCC1(N(Cc2ccco2)C2CC2)CCCS(=O)(=O)C1. The fraction of sp³-hybridized carbons (Fsp3) is 0.714. The number of nitrogens with zero attached hydrogens (tertiary/aromatic N) is 1. The van der Waals surface area contributed by atoms with Gasteiger partial charge >= 0.3 is 0 Å². The van der Waals surface area contributed by atoms with Gasteiger partial charge in [0.2, 0.25) is 0 Å². The first-order valence-corrected chi connectivity index (χ1v) is 9.06. The molecule has 1 aromatic rings. The van der Waals surface area contributed by atoms with Crippen molar-refractivity contribution < 1.29 is 12.8 Å². The van der Waals surface area contributed by atoms with Crippen molar-refractivity contribution in [1.29, 1.82) is 0 Å². The predicted octanol–water partition coefficient (Wildman–Crippen LogP) is 1.15. The van der Waals surface area contributed by atoms with Crippen molar-refractivity contribution in [3.63, 3.8) is 0 Å². The molecule has 3 rings (SSSR count). The quantitative estimate of drug-likeness (QED) is 0.882. The topological polar surface area (TPSA) is 76.5 Å². The van der Waals surface area contributed by atoms with Crippen molar-refractivity contribution in [2.45, 2.75) is 43.8 Å². The zero-order valence-corrected chi connectivity index (χ0v) is 12.4. The molecule has 0 radical (unpaired) electrons. The van der Waals surface area contributed by atoms with Crippen LogP contribution in [0.15, 0.2) is 22.8 Å². The molecule has 2 heterocycles. The van der Waals surface area contributed by atoms with E-state index in [1.54, 1.807) is 6.26 Å². The lowest BCUT2D eigenvalue weighted by Gasteiger charge is -2.45. The summed E-state index contributed by atoms with van der Waals surface area (Å²) >= 11 is 0. The molecular weight excluding hydrogens is 276 g/mol. The molecule has 1 aromatic heterocycles. The number of hydrogen-bond acceptors (Lipinski definition) is 5. The molecule has 1 atom stereocenters. The third-order valence-electron chi connectivity index (χ3n) is 4.47. The van der Waals surface area contributed by atoms with Gasteiger partial charge in [-0.25, -0.2) is 8.42 Å². The zero-order valence-electron chi connectivity index (χ0n) is 11.6. The Balaban J connectivity index is 1.87. The highest BCUT2D eigenvalue weighted by Crippen LogP contribution is 2.39. The van der Waals surface area contributed by atoms with E-state index in [9.17, 15) is 8.42 Å². The monoisotopic (exact) mass is 298 g/mol. The zero-order chi connectivity index (χ0) is 14.2. The molecule has 1 saturated carbocycles. The molecule has 0 amide bonds. The van der Waals surface area contributed by atoms with Crippen LogP contribution in [0.1, 0.15) is 31.4 Å². The Kier molecular flexibility index (Phi) is 3.64. The van der Waals surface area contributed by atoms with Gasteiger partial charge < -0.3 is 10.2 Å². The molecular formula is C14H22N2O3S. The van der Waals surface area contributed by atoms with E-state index in [0.29, 0.717) is 31.3 Å². The second-order valence-electron chi connectivity index (χ2n) is 6.06. The molecule has 0 spiro atoms. The van der Waals surface area contributed by atoms with Gasteiger partial charge in [-0.15, -0.1) is 0 Å². The third-order valence-corrected chi connectivity index (χ3v) is 6.36. The highest BCUT2D eigenvalue weighted by molar-refractivity contribution is 7.91. The first-order valence-electron chi connectivity index (χ1n) is 7.24. The van der Waals surface area contributed by atoms with Gasteiger partial charge in [0.1, 0.15) is 5.76 Å². The van der Waals surface area contributed by atoms with E-state index in [2.05, 4.69) is 4.90 Å². The molecule has 5 nitrogen and oxygen atoms in total. The van der Waals surface area contributed by atoms with Gasteiger partial charge in [0.25, 0.3) is 0 Å². The maximum atomic E-state index is 12.1. The van der Waals surface area contributed by atoms with Crippen molar-refractivity contribution in [2.24, 2.45) is 5.73 Å². The van der Waals surface area contributed by atoms with E-state index >= 15 is 0 Å². The van der Waals surface area contributed by atoms with E-state index in [0.717, 1.165) is 25.0 Å². The van der Waals surface area contributed by atoms with Crippen molar-refractivity contribution in [2.75, 3.05) is 18.1 Å². The lowest BCUT2D eigenvalue weighted by atomic mass is 9.92. The molecule has 1 saturated heterocycles. The highest BCUT2D eigenvalue weighted by atomic mass is 32.2. The Morgan fingerprint density at radius 3 is 2.80 bits per heavy atom. The molecule has 20 heavy (non-hydrogen) atoms. The van der Waals surface area contributed by atoms with Crippen molar-refractivity contribution in [3.05, 3.63) is 24.2 Å². The first kappa shape index (κ1) is 14.1. The van der Waals surface area contributed by atoms with Gasteiger partial charge in [-0.2, -0.15) is 0 Å². The molecule has 2 fully saturated rings. The summed E-state index contributed by atoms with van der Waals surface area (Å²) in [4.78, 5) is 2.29. The number of hydrogen-bond donors (Lipinski definition) is 1. The lowest BCUT2D eigenvalue weighted by molar-refractivity contribution is 0.0747. The maximum absolute atomic E-state index is 12.1. The Bertz CT molecular complexity index is 551. The van der Waals surface area contributed by atoms with Crippen molar-refractivity contribution in [3.8, 4) is 0 Å². The summed E-state index contributed by atoms with van der Waals surface area (Å²) < 4.78 is 29.6. The molecule has 1 unspecified atom stereocenters. The summed E-state index contributed by atoms with van der Waals surface area (Å²) in [6.45, 7) is 1.05. The summed E-state index contributed by atoms with van der Waals surface area (Å²) in [5.74, 6) is 1.37. The third kappa shape index (κ3) is 2.77. The Labute approximate surface area is 120 Å².